The van der Waals surface area contributed by atoms with Crippen LogP contribution in [-0.2, 0) is 11.3 Å². The molecule has 0 saturated carbocycles. The zero-order valence-electron chi connectivity index (χ0n) is 19.4. The number of halogens is 1. The summed E-state index contributed by atoms with van der Waals surface area (Å²) in [6.07, 6.45) is -0.0115. The summed E-state index contributed by atoms with van der Waals surface area (Å²) in [5, 5.41) is 0.733. The molecule has 7 heteroatoms. The third-order valence-corrected chi connectivity index (χ3v) is 6.72. The summed E-state index contributed by atoms with van der Waals surface area (Å²) in [7, 11) is 0. The van der Waals surface area contributed by atoms with Gasteiger partial charge in [-0.25, -0.2) is 0 Å². The van der Waals surface area contributed by atoms with Gasteiger partial charge in [0.1, 0.15) is 17.6 Å². The SMILES string of the molecule is O=C1CC(c2ccccc2)Oc2ccc(OCC(=O)N3CCN(Cc4ccc(Cl)cc4)CC3)cc21. The Morgan fingerprint density at radius 3 is 2.46 bits per heavy atom. The molecule has 5 rings (SSSR count). The minimum Gasteiger partial charge on any atom is -0.484 e. The molecule has 0 radical (unpaired) electrons. The number of ether oxygens (including phenoxy) is 2. The highest BCUT2D eigenvalue weighted by Crippen LogP contribution is 2.36. The Morgan fingerprint density at radius 2 is 1.71 bits per heavy atom. The molecular weight excluding hydrogens is 464 g/mol. The number of amides is 1. The highest BCUT2D eigenvalue weighted by atomic mass is 35.5. The van der Waals surface area contributed by atoms with E-state index in [9.17, 15) is 9.59 Å². The summed E-state index contributed by atoms with van der Waals surface area (Å²) in [5.41, 5.74) is 2.68. The van der Waals surface area contributed by atoms with Gasteiger partial charge in [0.2, 0.25) is 0 Å². The van der Waals surface area contributed by atoms with Crippen molar-refractivity contribution < 1.29 is 19.1 Å². The first kappa shape index (κ1) is 23.4. The quantitative estimate of drug-likeness (QED) is 0.498. The summed E-state index contributed by atoms with van der Waals surface area (Å²) in [5.74, 6) is 0.994. The highest BCUT2D eigenvalue weighted by Gasteiger charge is 2.28. The van der Waals surface area contributed by atoms with Crippen molar-refractivity contribution in [3.05, 3.63) is 94.5 Å². The highest BCUT2D eigenvalue weighted by molar-refractivity contribution is 6.30. The monoisotopic (exact) mass is 490 g/mol. The number of hydrogen-bond donors (Lipinski definition) is 0. The van der Waals surface area contributed by atoms with E-state index in [1.54, 1.807) is 18.2 Å². The molecular formula is C28H27ClN2O4. The molecule has 1 atom stereocenters. The van der Waals surface area contributed by atoms with Crippen LogP contribution < -0.4 is 9.47 Å². The van der Waals surface area contributed by atoms with Crippen molar-refractivity contribution in [3.8, 4) is 11.5 Å². The Hall–Kier alpha value is -3.35. The van der Waals surface area contributed by atoms with Crippen molar-refractivity contribution >= 4 is 23.3 Å². The maximum absolute atomic E-state index is 12.8. The maximum atomic E-state index is 12.8. The Kier molecular flexibility index (Phi) is 7.02. The Bertz CT molecular complexity index is 1190. The van der Waals surface area contributed by atoms with Crippen LogP contribution in [0, 0.1) is 0 Å². The molecule has 0 N–H and O–H groups in total. The summed E-state index contributed by atoms with van der Waals surface area (Å²) >= 11 is 5.96. The molecule has 1 saturated heterocycles. The largest absolute Gasteiger partial charge is 0.484 e. The predicted molar refractivity (Wildman–Crippen MR) is 134 cm³/mol. The van der Waals surface area contributed by atoms with Gasteiger partial charge in [-0.2, -0.15) is 0 Å². The van der Waals surface area contributed by atoms with Gasteiger partial charge in [-0.15, -0.1) is 0 Å². The standard InChI is InChI=1S/C28H27ClN2O4/c29-22-8-6-20(7-9-22)18-30-12-14-31(15-13-30)28(33)19-34-23-10-11-26-24(16-23)25(32)17-27(35-26)21-4-2-1-3-5-21/h1-11,16,27H,12-15,17-19H2. The topological polar surface area (TPSA) is 59.1 Å². The lowest BCUT2D eigenvalue weighted by Crippen LogP contribution is -2.49. The average Bonchev–Trinajstić information content (AvgIpc) is 2.89. The number of ketones is 1. The van der Waals surface area contributed by atoms with Gasteiger partial charge < -0.3 is 14.4 Å². The van der Waals surface area contributed by atoms with Gasteiger partial charge in [-0.05, 0) is 41.5 Å². The molecule has 2 heterocycles. The second kappa shape index (κ2) is 10.5. The Morgan fingerprint density at radius 1 is 0.971 bits per heavy atom. The predicted octanol–water partition coefficient (Wildman–Crippen LogP) is 4.77. The van der Waals surface area contributed by atoms with Crippen LogP contribution in [0.4, 0.5) is 0 Å². The fourth-order valence-corrected chi connectivity index (χ4v) is 4.61. The number of benzene rings is 3. The molecule has 2 aliphatic heterocycles. The van der Waals surface area contributed by atoms with Gasteiger partial charge in [-0.1, -0.05) is 54.1 Å². The van der Waals surface area contributed by atoms with Crippen molar-refractivity contribution in [1.29, 1.82) is 0 Å². The van der Waals surface area contributed by atoms with Gasteiger partial charge in [-0.3, -0.25) is 14.5 Å². The molecule has 3 aromatic carbocycles. The molecule has 1 amide bonds. The van der Waals surface area contributed by atoms with Crippen LogP contribution >= 0.6 is 11.6 Å². The van der Waals surface area contributed by atoms with Crippen molar-refractivity contribution in [2.45, 2.75) is 19.1 Å². The molecule has 0 aliphatic carbocycles. The first-order valence-electron chi connectivity index (χ1n) is 11.8. The Balaban J connectivity index is 1.12. The normalized spacial score (nSPS) is 18.0. The molecule has 0 aromatic heterocycles. The minimum absolute atomic E-state index is 0.00805. The third kappa shape index (κ3) is 5.66. The van der Waals surface area contributed by atoms with E-state index in [4.69, 9.17) is 21.1 Å². The van der Waals surface area contributed by atoms with Crippen LogP contribution in [-0.4, -0.2) is 54.3 Å². The van der Waals surface area contributed by atoms with E-state index in [0.717, 1.165) is 30.2 Å². The number of piperazine rings is 1. The second-order valence-electron chi connectivity index (χ2n) is 8.87. The Labute approximate surface area is 210 Å². The molecule has 2 aliphatic rings. The zero-order valence-corrected chi connectivity index (χ0v) is 20.1. The van der Waals surface area contributed by atoms with E-state index < -0.39 is 0 Å². The van der Waals surface area contributed by atoms with E-state index in [1.807, 2.05) is 59.5 Å². The molecule has 6 nitrogen and oxygen atoms in total. The van der Waals surface area contributed by atoms with Crippen molar-refractivity contribution in [3.63, 3.8) is 0 Å². The molecule has 0 spiro atoms. The summed E-state index contributed by atoms with van der Waals surface area (Å²) in [6, 6.07) is 22.8. The van der Waals surface area contributed by atoms with Crippen molar-refractivity contribution in [2.75, 3.05) is 32.8 Å². The van der Waals surface area contributed by atoms with Gasteiger partial charge in [0, 0.05) is 37.7 Å². The smallest absolute Gasteiger partial charge is 0.260 e. The summed E-state index contributed by atoms with van der Waals surface area (Å²) in [6.45, 7) is 3.72. The first-order chi connectivity index (χ1) is 17.0. The molecule has 35 heavy (non-hydrogen) atoms. The first-order valence-corrected chi connectivity index (χ1v) is 12.2. The van der Waals surface area contributed by atoms with Crippen molar-refractivity contribution in [2.24, 2.45) is 0 Å². The molecule has 1 unspecified atom stereocenters. The fraction of sp³-hybridized carbons (Fsp3) is 0.286. The lowest BCUT2D eigenvalue weighted by Gasteiger charge is -2.34. The number of nitrogens with zero attached hydrogens (tertiary/aromatic N) is 2. The van der Waals surface area contributed by atoms with Gasteiger partial charge in [0.05, 0.1) is 12.0 Å². The van der Waals surface area contributed by atoms with E-state index in [-0.39, 0.29) is 30.8 Å². The lowest BCUT2D eigenvalue weighted by atomic mass is 9.96. The lowest BCUT2D eigenvalue weighted by molar-refractivity contribution is -0.135. The molecule has 180 valence electrons. The third-order valence-electron chi connectivity index (χ3n) is 6.47. The van der Waals surface area contributed by atoms with E-state index in [2.05, 4.69) is 4.90 Å². The molecule has 0 bridgehead atoms. The maximum Gasteiger partial charge on any atom is 0.260 e. The molecule has 1 fully saturated rings. The number of carbonyl (C=O) groups excluding carboxylic acids is 2. The van der Waals surface area contributed by atoms with Gasteiger partial charge >= 0.3 is 0 Å². The van der Waals surface area contributed by atoms with Gasteiger partial charge in [0.15, 0.2) is 12.4 Å². The second-order valence-corrected chi connectivity index (χ2v) is 9.31. The summed E-state index contributed by atoms with van der Waals surface area (Å²) < 4.78 is 11.8. The zero-order chi connectivity index (χ0) is 24.2. The van der Waals surface area contributed by atoms with Crippen molar-refractivity contribution in [1.82, 2.24) is 9.80 Å². The van der Waals surface area contributed by atoms with Crippen LogP contribution in [0.15, 0.2) is 72.8 Å². The average molecular weight is 491 g/mol. The van der Waals surface area contributed by atoms with Crippen LogP contribution in [0.3, 0.4) is 0 Å². The van der Waals surface area contributed by atoms with Crippen LogP contribution in [0.2, 0.25) is 5.02 Å². The number of hydrogen-bond acceptors (Lipinski definition) is 5. The van der Waals surface area contributed by atoms with Crippen LogP contribution in [0.25, 0.3) is 0 Å². The summed E-state index contributed by atoms with van der Waals surface area (Å²) in [4.78, 5) is 29.6. The minimum atomic E-state index is -0.289. The van der Waals surface area contributed by atoms with Crippen LogP contribution in [0.5, 0.6) is 11.5 Å². The van der Waals surface area contributed by atoms with Gasteiger partial charge in [0.25, 0.3) is 5.91 Å². The number of rotatable bonds is 6. The fourth-order valence-electron chi connectivity index (χ4n) is 4.49. The molecule has 3 aromatic rings. The van der Waals surface area contributed by atoms with E-state index in [0.29, 0.717) is 30.2 Å². The van der Waals surface area contributed by atoms with E-state index in [1.165, 1.54) is 5.56 Å². The number of carbonyl (C=O) groups is 2. The number of fused-ring (bicyclic) bond motifs is 1. The number of Topliss-reactive ketones (excluding diaryl/α,β-unsaturated/α-hetero) is 1. The van der Waals surface area contributed by atoms with E-state index >= 15 is 0 Å². The van der Waals surface area contributed by atoms with Crippen LogP contribution in [0.1, 0.15) is 34.0 Å².